The molecule has 0 atom stereocenters. The molecule has 4 rings (SSSR count). The predicted octanol–water partition coefficient (Wildman–Crippen LogP) is 3.13. The van der Waals surface area contributed by atoms with Crippen LogP contribution in [0.5, 0.6) is 0 Å². The van der Waals surface area contributed by atoms with Gasteiger partial charge in [0.2, 0.25) is 11.0 Å². The lowest BCUT2D eigenvalue weighted by atomic mass is 10.2. The second-order valence-electron chi connectivity index (χ2n) is 6.93. The van der Waals surface area contributed by atoms with Gasteiger partial charge in [0.1, 0.15) is 9.84 Å². The number of carbonyl (C=O) groups excluding carboxylic acids is 1. The summed E-state index contributed by atoms with van der Waals surface area (Å²) in [5, 5.41) is 13.5. The van der Waals surface area contributed by atoms with Gasteiger partial charge in [0.25, 0.3) is 5.56 Å². The van der Waals surface area contributed by atoms with Gasteiger partial charge in [0.15, 0.2) is 5.16 Å². The van der Waals surface area contributed by atoms with Crippen LogP contribution in [-0.4, -0.2) is 45.1 Å². The van der Waals surface area contributed by atoms with Gasteiger partial charge < -0.3 is 4.74 Å². The quantitative estimate of drug-likeness (QED) is 0.294. The van der Waals surface area contributed by atoms with Gasteiger partial charge in [-0.15, -0.1) is 21.5 Å². The van der Waals surface area contributed by atoms with Gasteiger partial charge in [0, 0.05) is 25.1 Å². The van der Waals surface area contributed by atoms with Crippen molar-refractivity contribution in [2.24, 2.45) is 0 Å². The molecule has 3 aromatic heterocycles. The van der Waals surface area contributed by atoms with E-state index in [0.717, 1.165) is 40.9 Å². The largest absolute Gasteiger partial charge is 0.385 e. The summed E-state index contributed by atoms with van der Waals surface area (Å²) >= 11 is 4.26. The molecular weight excluding hydrogens is 442 g/mol. The fraction of sp³-hybridized carbons (Fsp3) is 0.526. The Labute approximate surface area is 186 Å². The highest BCUT2D eigenvalue weighted by atomic mass is 32.2. The van der Waals surface area contributed by atoms with Gasteiger partial charge in [-0.3, -0.25) is 19.5 Å². The summed E-state index contributed by atoms with van der Waals surface area (Å²) in [6.07, 6.45) is 4.56. The molecule has 3 heterocycles. The van der Waals surface area contributed by atoms with Gasteiger partial charge in [-0.25, -0.2) is 4.98 Å². The second kappa shape index (κ2) is 9.54. The van der Waals surface area contributed by atoms with Gasteiger partial charge in [0.05, 0.1) is 11.1 Å². The zero-order chi connectivity index (χ0) is 21.1. The van der Waals surface area contributed by atoms with Crippen LogP contribution in [0.1, 0.15) is 35.2 Å². The highest BCUT2D eigenvalue weighted by Gasteiger charge is 2.23. The molecule has 0 spiro atoms. The Kier molecular flexibility index (Phi) is 6.81. The fourth-order valence-electron chi connectivity index (χ4n) is 3.47. The van der Waals surface area contributed by atoms with Gasteiger partial charge in [-0.2, -0.15) is 0 Å². The topological polar surface area (TPSA) is 99.0 Å². The molecule has 0 aromatic carbocycles. The number of thiophene rings is 1. The molecule has 8 nitrogen and oxygen atoms in total. The number of aryl methyl sites for hydroxylation is 3. The average Bonchev–Trinajstić information content (AvgIpc) is 3.44. The van der Waals surface area contributed by atoms with Crippen molar-refractivity contribution in [1.29, 1.82) is 0 Å². The molecule has 0 saturated heterocycles. The maximum atomic E-state index is 13.3. The zero-order valence-electron chi connectivity index (χ0n) is 16.9. The summed E-state index contributed by atoms with van der Waals surface area (Å²) in [7, 11) is 1.65. The Bertz CT molecular complexity index is 1120. The number of hydrogen-bond acceptors (Lipinski definition) is 9. The number of fused-ring (bicyclic) bond motifs is 3. The molecule has 0 saturated carbocycles. The number of nitrogens with zero attached hydrogens (tertiary/aromatic N) is 4. The van der Waals surface area contributed by atoms with Gasteiger partial charge >= 0.3 is 0 Å². The minimum atomic E-state index is -0.190. The summed E-state index contributed by atoms with van der Waals surface area (Å²) in [5.74, 6) is -0.0424. The molecular formula is C19H23N5O3S3. The summed E-state index contributed by atoms with van der Waals surface area (Å²) in [4.78, 5) is 32.5. The first-order chi connectivity index (χ1) is 14.6. The number of carbonyl (C=O) groups is 1. The van der Waals surface area contributed by atoms with Crippen molar-refractivity contribution in [3.05, 3.63) is 25.8 Å². The number of anilines is 1. The van der Waals surface area contributed by atoms with Gasteiger partial charge in [-0.05, 0) is 37.7 Å². The first kappa shape index (κ1) is 21.4. The van der Waals surface area contributed by atoms with Crippen molar-refractivity contribution in [3.63, 3.8) is 0 Å². The highest BCUT2D eigenvalue weighted by molar-refractivity contribution is 7.99. The Morgan fingerprint density at radius 1 is 1.30 bits per heavy atom. The number of aromatic nitrogens is 4. The van der Waals surface area contributed by atoms with Crippen LogP contribution in [0.4, 0.5) is 5.13 Å². The monoisotopic (exact) mass is 465 g/mol. The fourth-order valence-corrected chi connectivity index (χ4v) is 6.29. The van der Waals surface area contributed by atoms with Gasteiger partial charge in [-0.1, -0.05) is 30.0 Å². The van der Waals surface area contributed by atoms with E-state index in [9.17, 15) is 9.59 Å². The third kappa shape index (κ3) is 4.43. The van der Waals surface area contributed by atoms with E-state index in [1.807, 2.05) is 6.92 Å². The first-order valence-corrected chi connectivity index (χ1v) is 12.5. The molecule has 30 heavy (non-hydrogen) atoms. The molecule has 1 aliphatic rings. The molecule has 160 valence electrons. The lowest BCUT2D eigenvalue weighted by Crippen LogP contribution is -2.25. The number of rotatable bonds is 9. The number of methoxy groups -OCH3 is 1. The summed E-state index contributed by atoms with van der Waals surface area (Å²) < 4.78 is 6.85. The highest BCUT2D eigenvalue weighted by Crippen LogP contribution is 2.35. The summed E-state index contributed by atoms with van der Waals surface area (Å²) in [6.45, 7) is 3.07. The van der Waals surface area contributed by atoms with E-state index in [1.54, 1.807) is 23.0 Å². The minimum Gasteiger partial charge on any atom is -0.385 e. The molecule has 1 amide bonds. The Morgan fingerprint density at radius 3 is 2.93 bits per heavy atom. The lowest BCUT2D eigenvalue weighted by molar-refractivity contribution is -0.113. The molecule has 0 fully saturated rings. The van der Waals surface area contributed by atoms with Crippen LogP contribution in [0.15, 0.2) is 9.95 Å². The van der Waals surface area contributed by atoms with Crippen molar-refractivity contribution in [1.82, 2.24) is 19.7 Å². The van der Waals surface area contributed by atoms with Crippen molar-refractivity contribution in [2.45, 2.75) is 50.7 Å². The van der Waals surface area contributed by atoms with Crippen LogP contribution < -0.4 is 10.9 Å². The van der Waals surface area contributed by atoms with Crippen LogP contribution in [0, 0.1) is 0 Å². The molecule has 1 N–H and O–H groups in total. The molecule has 0 radical (unpaired) electrons. The van der Waals surface area contributed by atoms with E-state index in [0.29, 0.717) is 29.9 Å². The minimum absolute atomic E-state index is 0.00452. The normalized spacial score (nSPS) is 13.1. The molecule has 3 aromatic rings. The predicted molar refractivity (Wildman–Crippen MR) is 121 cm³/mol. The molecule has 0 unspecified atom stereocenters. The van der Waals surface area contributed by atoms with Crippen LogP contribution in [0.25, 0.3) is 10.2 Å². The van der Waals surface area contributed by atoms with Crippen molar-refractivity contribution >= 4 is 55.7 Å². The molecule has 0 bridgehead atoms. The van der Waals surface area contributed by atoms with E-state index < -0.39 is 0 Å². The standard InChI is InChI=1S/C19H23N5O3S3/c1-3-14-22-23-18(30-14)20-13(25)10-28-19-21-16-15(11-6-4-7-12(11)29-16)17(26)24(19)8-5-9-27-2/h3-10H2,1-2H3,(H,20,23,25). The smallest absolute Gasteiger partial charge is 0.263 e. The summed E-state index contributed by atoms with van der Waals surface area (Å²) in [5.41, 5.74) is 1.17. The van der Waals surface area contributed by atoms with Crippen molar-refractivity contribution in [2.75, 3.05) is 24.8 Å². The van der Waals surface area contributed by atoms with Crippen LogP contribution >= 0.6 is 34.4 Å². The number of thioether (sulfide) groups is 1. The maximum absolute atomic E-state index is 13.3. The third-order valence-corrected chi connectivity index (χ3v) is 8.01. The zero-order valence-corrected chi connectivity index (χ0v) is 19.3. The van der Waals surface area contributed by atoms with Crippen molar-refractivity contribution in [3.8, 4) is 0 Å². The molecule has 1 aliphatic carbocycles. The van der Waals surface area contributed by atoms with Crippen LogP contribution in [0.3, 0.4) is 0 Å². The number of nitrogens with one attached hydrogen (secondary N) is 1. The van der Waals surface area contributed by atoms with E-state index in [4.69, 9.17) is 9.72 Å². The van der Waals surface area contributed by atoms with Crippen molar-refractivity contribution < 1.29 is 9.53 Å². The SMILES string of the molecule is CCc1nnc(NC(=O)CSc2nc3sc4c(c3c(=O)n2CCCOC)CCC4)s1. The average molecular weight is 466 g/mol. The van der Waals surface area contributed by atoms with E-state index in [-0.39, 0.29) is 17.2 Å². The third-order valence-electron chi connectivity index (χ3n) is 4.87. The maximum Gasteiger partial charge on any atom is 0.263 e. The summed E-state index contributed by atoms with van der Waals surface area (Å²) in [6, 6.07) is 0. The van der Waals surface area contributed by atoms with E-state index >= 15 is 0 Å². The number of ether oxygens (including phenoxy) is 1. The lowest BCUT2D eigenvalue weighted by Gasteiger charge is -2.12. The molecule has 0 aliphatic heterocycles. The van der Waals surface area contributed by atoms with E-state index in [1.165, 1.54) is 33.5 Å². The number of hydrogen-bond donors (Lipinski definition) is 1. The number of amides is 1. The van der Waals surface area contributed by atoms with Crippen LogP contribution in [0.2, 0.25) is 0 Å². The second-order valence-corrected chi connectivity index (χ2v) is 10.0. The molecule has 11 heteroatoms. The first-order valence-electron chi connectivity index (χ1n) is 9.89. The Balaban J connectivity index is 1.56. The van der Waals surface area contributed by atoms with E-state index in [2.05, 4.69) is 15.5 Å². The Hall–Kier alpha value is -1.82. The van der Waals surface area contributed by atoms with Crippen LogP contribution in [-0.2, 0) is 35.3 Å². The Morgan fingerprint density at radius 2 is 2.17 bits per heavy atom.